The van der Waals surface area contributed by atoms with E-state index in [0.29, 0.717) is 6.42 Å². The van der Waals surface area contributed by atoms with Crippen molar-refractivity contribution in [3.63, 3.8) is 0 Å². The summed E-state index contributed by atoms with van der Waals surface area (Å²) < 4.78 is 4.51. The number of rotatable bonds is 3. The average molecular weight is 208 g/mol. The van der Waals surface area contributed by atoms with Gasteiger partial charge in [-0.15, -0.1) is 12.6 Å². The molecular formula is C11H12O2S. The SMILES string of the molecule is COC(=O)CC=Cc1cccc(S)c1. The molecule has 1 aromatic carbocycles. The molecule has 0 atom stereocenters. The molecule has 0 bridgehead atoms. The van der Waals surface area contributed by atoms with E-state index in [1.165, 1.54) is 7.11 Å². The van der Waals surface area contributed by atoms with E-state index in [1.807, 2.05) is 30.3 Å². The Morgan fingerprint density at radius 3 is 3.00 bits per heavy atom. The first-order valence-electron chi connectivity index (χ1n) is 4.25. The molecule has 0 N–H and O–H groups in total. The highest BCUT2D eigenvalue weighted by molar-refractivity contribution is 7.80. The van der Waals surface area contributed by atoms with Gasteiger partial charge in [0, 0.05) is 4.90 Å². The van der Waals surface area contributed by atoms with E-state index in [9.17, 15) is 4.79 Å². The van der Waals surface area contributed by atoms with Crippen LogP contribution in [0.2, 0.25) is 0 Å². The summed E-state index contributed by atoms with van der Waals surface area (Å²) >= 11 is 4.21. The van der Waals surface area contributed by atoms with Gasteiger partial charge in [-0.2, -0.15) is 0 Å². The zero-order valence-corrected chi connectivity index (χ0v) is 8.83. The van der Waals surface area contributed by atoms with Gasteiger partial charge in [0.15, 0.2) is 0 Å². The summed E-state index contributed by atoms with van der Waals surface area (Å²) in [5, 5.41) is 0. The summed E-state index contributed by atoms with van der Waals surface area (Å²) in [6.07, 6.45) is 3.94. The fourth-order valence-electron chi connectivity index (χ4n) is 1.00. The van der Waals surface area contributed by atoms with Crippen LogP contribution in [-0.2, 0) is 9.53 Å². The molecule has 0 saturated heterocycles. The molecule has 0 aromatic heterocycles. The lowest BCUT2D eigenvalue weighted by Crippen LogP contribution is -1.96. The largest absolute Gasteiger partial charge is 0.469 e. The normalized spacial score (nSPS) is 10.4. The zero-order chi connectivity index (χ0) is 10.4. The van der Waals surface area contributed by atoms with Crippen molar-refractivity contribution in [1.82, 2.24) is 0 Å². The molecular weight excluding hydrogens is 196 g/mol. The number of methoxy groups -OCH3 is 1. The maximum Gasteiger partial charge on any atom is 0.309 e. The van der Waals surface area contributed by atoms with E-state index in [0.717, 1.165) is 10.5 Å². The van der Waals surface area contributed by atoms with E-state index >= 15 is 0 Å². The highest BCUT2D eigenvalue weighted by atomic mass is 32.1. The first kappa shape index (κ1) is 10.9. The number of thiol groups is 1. The Morgan fingerprint density at radius 2 is 2.36 bits per heavy atom. The minimum Gasteiger partial charge on any atom is -0.469 e. The summed E-state index contributed by atoms with van der Waals surface area (Å²) in [4.78, 5) is 11.7. The van der Waals surface area contributed by atoms with Crippen molar-refractivity contribution in [2.45, 2.75) is 11.3 Å². The van der Waals surface area contributed by atoms with Crippen molar-refractivity contribution < 1.29 is 9.53 Å². The van der Waals surface area contributed by atoms with Crippen LogP contribution in [0.25, 0.3) is 6.08 Å². The molecule has 0 aliphatic heterocycles. The smallest absolute Gasteiger partial charge is 0.309 e. The second-order valence-corrected chi connectivity index (χ2v) is 3.29. The number of hydrogen-bond acceptors (Lipinski definition) is 3. The molecule has 0 unspecified atom stereocenters. The lowest BCUT2D eigenvalue weighted by atomic mass is 10.2. The molecule has 0 radical (unpaired) electrons. The lowest BCUT2D eigenvalue weighted by molar-refractivity contribution is -0.139. The summed E-state index contributed by atoms with van der Waals surface area (Å²) in [5.74, 6) is -0.233. The Morgan fingerprint density at radius 1 is 1.57 bits per heavy atom. The van der Waals surface area contributed by atoms with Crippen LogP contribution < -0.4 is 0 Å². The molecule has 1 rings (SSSR count). The average Bonchev–Trinajstić information content (AvgIpc) is 2.17. The molecule has 0 amide bonds. The van der Waals surface area contributed by atoms with Crippen molar-refractivity contribution in [3.05, 3.63) is 35.9 Å². The van der Waals surface area contributed by atoms with Crippen LogP contribution in [0.5, 0.6) is 0 Å². The number of ether oxygens (including phenoxy) is 1. The summed E-state index contributed by atoms with van der Waals surface area (Å²) in [6.45, 7) is 0. The zero-order valence-electron chi connectivity index (χ0n) is 7.93. The summed E-state index contributed by atoms with van der Waals surface area (Å²) in [6, 6.07) is 7.70. The highest BCUT2D eigenvalue weighted by Gasteiger charge is 1.94. The van der Waals surface area contributed by atoms with E-state index in [1.54, 1.807) is 6.08 Å². The fourth-order valence-corrected chi connectivity index (χ4v) is 1.24. The fraction of sp³-hybridized carbons (Fsp3) is 0.182. The maximum absolute atomic E-state index is 10.8. The van der Waals surface area contributed by atoms with Gasteiger partial charge in [-0.05, 0) is 17.7 Å². The van der Waals surface area contributed by atoms with Gasteiger partial charge in [0.2, 0.25) is 0 Å². The predicted octanol–water partition coefficient (Wildman–Crippen LogP) is 2.55. The van der Waals surface area contributed by atoms with Crippen LogP contribution in [0.15, 0.2) is 35.2 Å². The molecule has 0 spiro atoms. The van der Waals surface area contributed by atoms with Crippen LogP contribution in [-0.4, -0.2) is 13.1 Å². The molecule has 2 nitrogen and oxygen atoms in total. The van der Waals surface area contributed by atoms with Gasteiger partial charge in [0.1, 0.15) is 0 Å². The second kappa shape index (κ2) is 5.50. The molecule has 74 valence electrons. The summed E-state index contributed by atoms with van der Waals surface area (Å²) in [7, 11) is 1.38. The number of carbonyl (C=O) groups excluding carboxylic acids is 1. The topological polar surface area (TPSA) is 26.3 Å². The van der Waals surface area contributed by atoms with E-state index in [-0.39, 0.29) is 5.97 Å². The lowest BCUT2D eigenvalue weighted by Gasteiger charge is -1.95. The van der Waals surface area contributed by atoms with Gasteiger partial charge < -0.3 is 4.74 Å². The molecule has 1 aromatic rings. The molecule has 0 saturated carbocycles. The van der Waals surface area contributed by atoms with E-state index < -0.39 is 0 Å². The van der Waals surface area contributed by atoms with Crippen LogP contribution in [0.4, 0.5) is 0 Å². The van der Waals surface area contributed by atoms with Gasteiger partial charge >= 0.3 is 5.97 Å². The molecule has 14 heavy (non-hydrogen) atoms. The number of benzene rings is 1. The third-order valence-corrected chi connectivity index (χ3v) is 1.97. The Bertz CT molecular complexity index is 345. The minimum absolute atomic E-state index is 0.233. The monoisotopic (exact) mass is 208 g/mol. The number of hydrogen-bond donors (Lipinski definition) is 1. The molecule has 0 heterocycles. The van der Waals surface area contributed by atoms with Crippen molar-refractivity contribution in [2.75, 3.05) is 7.11 Å². The van der Waals surface area contributed by atoms with Crippen molar-refractivity contribution >= 4 is 24.7 Å². The Hall–Kier alpha value is -1.22. The van der Waals surface area contributed by atoms with Gasteiger partial charge in [0.25, 0.3) is 0 Å². The van der Waals surface area contributed by atoms with E-state index in [4.69, 9.17) is 0 Å². The molecule has 3 heteroatoms. The standard InChI is InChI=1S/C11H12O2S/c1-13-11(12)7-3-5-9-4-2-6-10(14)8-9/h2-6,8,14H,7H2,1H3. The predicted molar refractivity (Wildman–Crippen MR) is 59.4 cm³/mol. The Balaban J connectivity index is 2.56. The van der Waals surface area contributed by atoms with Crippen LogP contribution in [0, 0.1) is 0 Å². The second-order valence-electron chi connectivity index (χ2n) is 2.78. The van der Waals surface area contributed by atoms with Crippen LogP contribution in [0.1, 0.15) is 12.0 Å². The molecule has 0 fully saturated rings. The third-order valence-electron chi connectivity index (χ3n) is 1.69. The first-order valence-corrected chi connectivity index (χ1v) is 4.69. The number of carbonyl (C=O) groups is 1. The maximum atomic E-state index is 10.8. The Labute approximate surface area is 89.0 Å². The van der Waals surface area contributed by atoms with Gasteiger partial charge in [0.05, 0.1) is 13.5 Å². The van der Waals surface area contributed by atoms with Crippen LogP contribution >= 0.6 is 12.6 Å². The van der Waals surface area contributed by atoms with Crippen molar-refractivity contribution in [3.8, 4) is 0 Å². The van der Waals surface area contributed by atoms with Crippen molar-refractivity contribution in [1.29, 1.82) is 0 Å². The third kappa shape index (κ3) is 3.66. The summed E-state index contributed by atoms with van der Waals surface area (Å²) in [5.41, 5.74) is 1.03. The van der Waals surface area contributed by atoms with Gasteiger partial charge in [-0.3, -0.25) is 4.79 Å². The molecule has 0 aliphatic rings. The highest BCUT2D eigenvalue weighted by Crippen LogP contribution is 2.10. The minimum atomic E-state index is -0.233. The first-order chi connectivity index (χ1) is 6.72. The van der Waals surface area contributed by atoms with Crippen LogP contribution in [0.3, 0.4) is 0 Å². The molecule has 0 aliphatic carbocycles. The van der Waals surface area contributed by atoms with Gasteiger partial charge in [-0.1, -0.05) is 24.3 Å². The Kier molecular flexibility index (Phi) is 4.26. The van der Waals surface area contributed by atoms with Gasteiger partial charge in [-0.25, -0.2) is 0 Å². The van der Waals surface area contributed by atoms with E-state index in [2.05, 4.69) is 17.4 Å². The quantitative estimate of drug-likeness (QED) is 0.610. The van der Waals surface area contributed by atoms with Crippen molar-refractivity contribution in [2.24, 2.45) is 0 Å². The number of esters is 1.